The van der Waals surface area contributed by atoms with E-state index in [0.29, 0.717) is 0 Å². The predicted octanol–water partition coefficient (Wildman–Crippen LogP) is -1.11. The van der Waals surface area contributed by atoms with Gasteiger partial charge in [-0.2, -0.15) is 0 Å². The van der Waals surface area contributed by atoms with E-state index in [1.165, 1.54) is 0 Å². The van der Waals surface area contributed by atoms with Crippen molar-refractivity contribution in [2.24, 2.45) is 0 Å². The summed E-state index contributed by atoms with van der Waals surface area (Å²) in [7, 11) is 0. The second kappa shape index (κ2) is 2.46. The molecule has 0 unspecified atom stereocenters. The molecule has 13 heavy (non-hydrogen) atoms. The van der Waals surface area contributed by atoms with E-state index >= 15 is 0 Å². The molecule has 0 aliphatic carbocycles. The van der Waals surface area contributed by atoms with Crippen molar-refractivity contribution in [1.82, 2.24) is 19.6 Å². The molecule has 0 saturated carbocycles. The molecule has 8 heteroatoms. The molecule has 2 rings (SSSR count). The molecular weight excluding hydrogens is 242 g/mol. The van der Waals surface area contributed by atoms with E-state index in [9.17, 15) is 9.59 Å². The largest absolute Gasteiger partial charge is 0.335 e. The third-order valence-corrected chi connectivity index (χ3v) is 2.10. The number of nitrogens with one attached hydrogen (secondary N) is 2. The minimum atomic E-state index is -0.614. The first-order chi connectivity index (χ1) is 6.09. The van der Waals surface area contributed by atoms with Crippen molar-refractivity contribution < 1.29 is 0 Å². The number of halogens is 1. The minimum Gasteiger partial charge on any atom is -0.335 e. The molecule has 4 N–H and O–H groups in total. The van der Waals surface area contributed by atoms with Gasteiger partial charge in [0, 0.05) is 0 Å². The molecule has 0 amide bonds. The summed E-state index contributed by atoms with van der Waals surface area (Å²) in [4.78, 5) is 30.2. The number of nitrogens with zero attached hydrogens (tertiary/aromatic N) is 2. The number of nitrogen functional groups attached to an aromatic ring is 1. The molecule has 2 aromatic rings. The lowest BCUT2D eigenvalue weighted by Gasteiger charge is -1.92. The Morgan fingerprint density at radius 2 is 2.08 bits per heavy atom. The van der Waals surface area contributed by atoms with Crippen LogP contribution in [-0.2, 0) is 0 Å². The number of aromatic amines is 2. The highest BCUT2D eigenvalue weighted by atomic mass is 79.9. The quantitative estimate of drug-likeness (QED) is 0.404. The number of rotatable bonds is 0. The summed E-state index contributed by atoms with van der Waals surface area (Å²) in [5.41, 5.74) is -0.908. The van der Waals surface area contributed by atoms with Gasteiger partial charge < -0.3 is 5.84 Å². The first-order valence-electron chi connectivity index (χ1n) is 3.25. The van der Waals surface area contributed by atoms with Gasteiger partial charge in [-0.15, -0.1) is 0 Å². The van der Waals surface area contributed by atoms with E-state index in [4.69, 9.17) is 5.84 Å². The molecule has 68 valence electrons. The van der Waals surface area contributed by atoms with Gasteiger partial charge in [0.1, 0.15) is 0 Å². The highest BCUT2D eigenvalue weighted by Crippen LogP contribution is 2.09. The third-order valence-electron chi connectivity index (χ3n) is 1.54. The zero-order valence-electron chi connectivity index (χ0n) is 6.17. The molecule has 0 bridgehead atoms. The molecule has 0 aliphatic rings. The molecule has 0 saturated heterocycles. The number of hydrogen-bond acceptors (Lipinski definition) is 4. The first kappa shape index (κ1) is 8.05. The van der Waals surface area contributed by atoms with Crippen LogP contribution in [0.1, 0.15) is 0 Å². The van der Waals surface area contributed by atoms with E-state index in [2.05, 4.69) is 25.9 Å². The maximum Gasteiger partial charge on any atom is 0.327 e. The van der Waals surface area contributed by atoms with Crippen LogP contribution in [0.15, 0.2) is 14.3 Å². The highest BCUT2D eigenvalue weighted by Gasteiger charge is 2.09. The van der Waals surface area contributed by atoms with Gasteiger partial charge in [0.2, 0.25) is 0 Å². The maximum absolute atomic E-state index is 11.1. The van der Waals surface area contributed by atoms with Crippen LogP contribution in [0.3, 0.4) is 0 Å². The lowest BCUT2D eigenvalue weighted by Crippen LogP contribution is -2.23. The second-order valence-electron chi connectivity index (χ2n) is 2.36. The Labute approximate surface area is 78.7 Å². The maximum atomic E-state index is 11.1. The van der Waals surface area contributed by atoms with Crippen molar-refractivity contribution in [3.63, 3.8) is 0 Å². The van der Waals surface area contributed by atoms with Gasteiger partial charge in [0.05, 0.1) is 0 Å². The van der Waals surface area contributed by atoms with E-state index in [1.807, 2.05) is 4.98 Å². The molecule has 0 aromatic carbocycles. The number of hydrogen-bond donors (Lipinski definition) is 3. The van der Waals surface area contributed by atoms with E-state index in [1.54, 1.807) is 0 Å². The normalized spacial score (nSPS) is 10.8. The molecule has 2 heterocycles. The minimum absolute atomic E-state index is 0.0916. The summed E-state index contributed by atoms with van der Waals surface area (Å²) >= 11 is 3.02. The van der Waals surface area contributed by atoms with Crippen LogP contribution in [-0.4, -0.2) is 19.6 Å². The van der Waals surface area contributed by atoms with Crippen LogP contribution in [0.25, 0.3) is 11.2 Å². The zero-order valence-corrected chi connectivity index (χ0v) is 7.75. The summed E-state index contributed by atoms with van der Waals surface area (Å²) in [5.74, 6) is 5.46. The monoisotopic (exact) mass is 245 g/mol. The highest BCUT2D eigenvalue weighted by molar-refractivity contribution is 9.10. The van der Waals surface area contributed by atoms with Crippen molar-refractivity contribution in [2.45, 2.75) is 0 Å². The lowest BCUT2D eigenvalue weighted by atomic mass is 10.5. The van der Waals surface area contributed by atoms with Crippen LogP contribution in [0.4, 0.5) is 0 Å². The predicted molar refractivity (Wildman–Crippen MR) is 48.8 cm³/mol. The molecule has 2 aromatic heterocycles. The smallest absolute Gasteiger partial charge is 0.327 e. The van der Waals surface area contributed by atoms with Crippen LogP contribution in [0, 0.1) is 0 Å². The van der Waals surface area contributed by atoms with Crippen LogP contribution in [0.5, 0.6) is 0 Å². The Balaban J connectivity index is 3.12. The lowest BCUT2D eigenvalue weighted by molar-refractivity contribution is 0.960. The van der Waals surface area contributed by atoms with Gasteiger partial charge >= 0.3 is 5.69 Å². The third kappa shape index (κ3) is 1.06. The van der Waals surface area contributed by atoms with E-state index < -0.39 is 11.2 Å². The van der Waals surface area contributed by atoms with Gasteiger partial charge in [-0.3, -0.25) is 14.8 Å². The SMILES string of the molecule is Nn1c(Br)nc2c(=O)[nH]c(=O)[nH]c21. The first-order valence-corrected chi connectivity index (χ1v) is 4.04. The summed E-state index contributed by atoms with van der Waals surface area (Å²) in [6.45, 7) is 0. The number of imidazole rings is 1. The van der Waals surface area contributed by atoms with Crippen LogP contribution in [0.2, 0.25) is 0 Å². The fourth-order valence-corrected chi connectivity index (χ4v) is 1.34. The number of nitrogens with two attached hydrogens (primary N) is 1. The van der Waals surface area contributed by atoms with Gasteiger partial charge in [0.15, 0.2) is 15.9 Å². The number of fused-ring (bicyclic) bond motifs is 1. The molecule has 0 spiro atoms. The van der Waals surface area contributed by atoms with Crippen molar-refractivity contribution in [2.75, 3.05) is 5.84 Å². The Morgan fingerprint density at radius 3 is 2.77 bits per heavy atom. The summed E-state index contributed by atoms with van der Waals surface area (Å²) in [6.07, 6.45) is 0. The molecule has 0 radical (unpaired) electrons. The molecule has 0 aliphatic heterocycles. The molecule has 7 nitrogen and oxygen atoms in total. The summed E-state index contributed by atoms with van der Waals surface area (Å²) in [5, 5.41) is 0. The fourth-order valence-electron chi connectivity index (χ4n) is 0.984. The van der Waals surface area contributed by atoms with Gasteiger partial charge in [0.25, 0.3) is 5.56 Å². The zero-order chi connectivity index (χ0) is 9.59. The van der Waals surface area contributed by atoms with E-state index in [0.717, 1.165) is 4.68 Å². The number of aromatic nitrogens is 4. The van der Waals surface area contributed by atoms with Crippen molar-refractivity contribution in [3.05, 3.63) is 25.6 Å². The molecule has 0 atom stereocenters. The van der Waals surface area contributed by atoms with Crippen LogP contribution >= 0.6 is 15.9 Å². The van der Waals surface area contributed by atoms with Crippen LogP contribution < -0.4 is 17.1 Å². The Morgan fingerprint density at radius 1 is 1.38 bits per heavy atom. The van der Waals surface area contributed by atoms with E-state index in [-0.39, 0.29) is 15.9 Å². The van der Waals surface area contributed by atoms with Gasteiger partial charge in [-0.1, -0.05) is 0 Å². The molecule has 0 fully saturated rings. The van der Waals surface area contributed by atoms with Gasteiger partial charge in [-0.25, -0.2) is 14.5 Å². The fraction of sp³-hybridized carbons (Fsp3) is 0. The van der Waals surface area contributed by atoms with Crippen molar-refractivity contribution >= 4 is 27.1 Å². The second-order valence-corrected chi connectivity index (χ2v) is 3.07. The Hall–Kier alpha value is -1.57. The molecular formula is C5H4BrN5O2. The van der Waals surface area contributed by atoms with Crippen molar-refractivity contribution in [1.29, 1.82) is 0 Å². The van der Waals surface area contributed by atoms with Crippen molar-refractivity contribution in [3.8, 4) is 0 Å². The number of H-pyrrole nitrogens is 2. The standard InChI is InChI=1S/C5H4BrN5O2/c6-4-8-1-2(11(4)7)9-5(13)10-3(1)12/h7H2,(H2,9,10,12,13). The topological polar surface area (TPSA) is 110 Å². The average molecular weight is 246 g/mol. The Bertz CT molecular complexity index is 579. The Kier molecular flexibility index (Phi) is 1.52. The summed E-state index contributed by atoms with van der Waals surface area (Å²) < 4.78 is 1.35. The average Bonchev–Trinajstić information content (AvgIpc) is 2.32. The summed E-state index contributed by atoms with van der Waals surface area (Å²) in [6, 6.07) is 0. The van der Waals surface area contributed by atoms with Gasteiger partial charge in [-0.05, 0) is 15.9 Å².